The van der Waals surface area contributed by atoms with E-state index >= 15 is 0 Å². The number of aliphatic hydroxyl groups is 1. The molecule has 2 N–H and O–H groups in total. The van der Waals surface area contributed by atoms with Crippen LogP contribution in [-0.4, -0.2) is 38.7 Å². The molecule has 2 rings (SSSR count). The molecule has 1 atom stereocenters. The Hall–Kier alpha value is -2.21. The Balaban J connectivity index is 1.97. The molecule has 1 aromatic carbocycles. The minimum atomic E-state index is -0.520. The van der Waals surface area contributed by atoms with E-state index in [1.165, 1.54) is 11.0 Å². The van der Waals surface area contributed by atoms with Gasteiger partial charge in [-0.15, -0.1) is 5.10 Å². The largest absolute Gasteiger partial charge is 0.391 e. The molecule has 1 heterocycles. The van der Waals surface area contributed by atoms with Crippen LogP contribution < -0.4 is 5.32 Å². The summed E-state index contributed by atoms with van der Waals surface area (Å²) in [5, 5.41) is 20.4. The van der Waals surface area contributed by atoms with Gasteiger partial charge in [0.1, 0.15) is 0 Å². The zero-order chi connectivity index (χ0) is 14.4. The minimum absolute atomic E-state index is 0.227. The Bertz CT molecular complexity index is 553. The summed E-state index contributed by atoms with van der Waals surface area (Å²) in [7, 11) is 0. The molecule has 0 fully saturated rings. The Morgan fingerprint density at radius 3 is 2.85 bits per heavy atom. The van der Waals surface area contributed by atoms with Gasteiger partial charge in [-0.1, -0.05) is 31.5 Å². The van der Waals surface area contributed by atoms with E-state index in [1.54, 1.807) is 0 Å². The molecule has 1 amide bonds. The summed E-state index contributed by atoms with van der Waals surface area (Å²) in [6, 6.07) is 9.36. The van der Waals surface area contributed by atoms with Gasteiger partial charge in [0.2, 0.25) is 0 Å². The molecule has 0 saturated heterocycles. The lowest BCUT2D eigenvalue weighted by Crippen LogP contribution is -2.32. The molecule has 0 aliphatic rings. The highest BCUT2D eigenvalue weighted by Crippen LogP contribution is 2.04. The van der Waals surface area contributed by atoms with Gasteiger partial charge in [-0.25, -0.2) is 0 Å². The van der Waals surface area contributed by atoms with Crippen LogP contribution in [0.3, 0.4) is 0 Å². The number of amides is 1. The molecule has 20 heavy (non-hydrogen) atoms. The van der Waals surface area contributed by atoms with Gasteiger partial charge >= 0.3 is 0 Å². The second kappa shape index (κ2) is 6.81. The summed E-state index contributed by atoms with van der Waals surface area (Å²) < 4.78 is 0. The fraction of sp³-hybridized carbons (Fsp3) is 0.357. The van der Waals surface area contributed by atoms with Crippen molar-refractivity contribution >= 4 is 5.91 Å². The van der Waals surface area contributed by atoms with Crippen LogP contribution in [-0.2, 0) is 0 Å². The number of aromatic nitrogens is 3. The molecule has 106 valence electrons. The van der Waals surface area contributed by atoms with E-state index in [-0.39, 0.29) is 18.1 Å². The zero-order valence-electron chi connectivity index (χ0n) is 11.4. The van der Waals surface area contributed by atoms with Crippen molar-refractivity contribution in [2.24, 2.45) is 0 Å². The van der Waals surface area contributed by atoms with Gasteiger partial charge in [-0.2, -0.15) is 9.90 Å². The van der Waals surface area contributed by atoms with Gasteiger partial charge in [-0.3, -0.25) is 4.79 Å². The normalized spacial score (nSPS) is 12.1. The minimum Gasteiger partial charge on any atom is -0.391 e. The molecule has 2 aromatic rings. The average molecular weight is 274 g/mol. The highest BCUT2D eigenvalue weighted by atomic mass is 16.3. The second-order valence-corrected chi connectivity index (χ2v) is 4.51. The van der Waals surface area contributed by atoms with E-state index in [0.717, 1.165) is 12.1 Å². The molecule has 6 heteroatoms. The Morgan fingerprint density at radius 1 is 1.40 bits per heavy atom. The van der Waals surface area contributed by atoms with E-state index in [4.69, 9.17) is 0 Å². The third-order valence-corrected chi connectivity index (χ3v) is 2.83. The number of nitrogens with one attached hydrogen (secondary N) is 1. The van der Waals surface area contributed by atoms with Gasteiger partial charge in [-0.05, 0) is 18.6 Å². The van der Waals surface area contributed by atoms with Crippen LogP contribution in [0, 0.1) is 0 Å². The van der Waals surface area contributed by atoms with E-state index in [2.05, 4.69) is 15.5 Å². The number of nitrogens with zero attached hydrogens (tertiary/aromatic N) is 3. The van der Waals surface area contributed by atoms with Gasteiger partial charge in [0.15, 0.2) is 5.69 Å². The quantitative estimate of drug-likeness (QED) is 0.828. The van der Waals surface area contributed by atoms with E-state index in [1.807, 2.05) is 37.3 Å². The number of aliphatic hydroxyl groups excluding tert-OH is 1. The summed E-state index contributed by atoms with van der Waals surface area (Å²) in [6.07, 6.45) is 2.43. The maximum Gasteiger partial charge on any atom is 0.273 e. The van der Waals surface area contributed by atoms with E-state index < -0.39 is 6.10 Å². The topological polar surface area (TPSA) is 80.0 Å². The molecule has 1 unspecified atom stereocenters. The average Bonchev–Trinajstić information content (AvgIpc) is 2.96. The van der Waals surface area contributed by atoms with Crippen LogP contribution in [0.15, 0.2) is 36.5 Å². The molecule has 0 bridgehead atoms. The van der Waals surface area contributed by atoms with Crippen LogP contribution >= 0.6 is 0 Å². The Morgan fingerprint density at radius 2 is 2.15 bits per heavy atom. The van der Waals surface area contributed by atoms with Crippen molar-refractivity contribution in [3.05, 3.63) is 42.2 Å². The number of para-hydroxylation sites is 1. The summed E-state index contributed by atoms with van der Waals surface area (Å²) in [5.74, 6) is -0.331. The fourth-order valence-corrected chi connectivity index (χ4v) is 1.79. The van der Waals surface area contributed by atoms with Gasteiger partial charge in [0.05, 0.1) is 18.0 Å². The van der Waals surface area contributed by atoms with E-state index in [0.29, 0.717) is 6.42 Å². The molecule has 6 nitrogen and oxygen atoms in total. The summed E-state index contributed by atoms with van der Waals surface area (Å²) in [5.41, 5.74) is 1.02. The van der Waals surface area contributed by atoms with Crippen LogP contribution in [0.25, 0.3) is 5.69 Å². The van der Waals surface area contributed by atoms with Crippen LogP contribution in [0.4, 0.5) is 0 Å². The van der Waals surface area contributed by atoms with Gasteiger partial charge in [0, 0.05) is 6.54 Å². The lowest BCUT2D eigenvalue weighted by atomic mass is 10.2. The van der Waals surface area contributed by atoms with Crippen molar-refractivity contribution in [2.45, 2.75) is 25.9 Å². The number of hydrogen-bond donors (Lipinski definition) is 2. The third kappa shape index (κ3) is 3.64. The van der Waals surface area contributed by atoms with E-state index in [9.17, 15) is 9.90 Å². The molecule has 0 radical (unpaired) electrons. The van der Waals surface area contributed by atoms with Crippen LogP contribution in [0.5, 0.6) is 0 Å². The Labute approximate surface area is 117 Å². The van der Waals surface area contributed by atoms with Crippen LogP contribution in [0.1, 0.15) is 30.3 Å². The predicted octanol–water partition coefficient (Wildman–Crippen LogP) is 1.16. The summed E-state index contributed by atoms with van der Waals surface area (Å²) >= 11 is 0. The summed E-state index contributed by atoms with van der Waals surface area (Å²) in [6.45, 7) is 2.21. The molecule has 0 aliphatic carbocycles. The number of carbonyl (C=O) groups is 1. The maximum absolute atomic E-state index is 11.9. The smallest absolute Gasteiger partial charge is 0.273 e. The van der Waals surface area contributed by atoms with Gasteiger partial charge in [0.25, 0.3) is 5.91 Å². The summed E-state index contributed by atoms with van der Waals surface area (Å²) in [4.78, 5) is 13.3. The fourth-order valence-electron chi connectivity index (χ4n) is 1.79. The van der Waals surface area contributed by atoms with Crippen molar-refractivity contribution in [2.75, 3.05) is 6.54 Å². The number of hydrogen-bond acceptors (Lipinski definition) is 4. The monoisotopic (exact) mass is 274 g/mol. The molecule has 0 spiro atoms. The van der Waals surface area contributed by atoms with Crippen LogP contribution in [0.2, 0.25) is 0 Å². The third-order valence-electron chi connectivity index (χ3n) is 2.83. The maximum atomic E-state index is 11.9. The van der Waals surface area contributed by atoms with Crippen molar-refractivity contribution in [3.63, 3.8) is 0 Å². The lowest BCUT2D eigenvalue weighted by molar-refractivity contribution is 0.0905. The number of benzene rings is 1. The number of carbonyl (C=O) groups excluding carboxylic acids is 1. The standard InChI is InChI=1S/C14H18N4O2/c1-2-6-12(19)9-15-14(20)13-10-16-18(17-13)11-7-4-3-5-8-11/h3-5,7-8,10,12,19H,2,6,9H2,1H3,(H,15,20). The lowest BCUT2D eigenvalue weighted by Gasteiger charge is -2.09. The molecule has 1 aromatic heterocycles. The van der Waals surface area contributed by atoms with Crippen molar-refractivity contribution in [1.82, 2.24) is 20.3 Å². The number of rotatable bonds is 6. The first-order valence-electron chi connectivity index (χ1n) is 6.64. The van der Waals surface area contributed by atoms with Gasteiger partial charge < -0.3 is 10.4 Å². The first-order valence-corrected chi connectivity index (χ1v) is 6.64. The molecule has 0 aliphatic heterocycles. The first-order chi connectivity index (χ1) is 9.70. The highest BCUT2D eigenvalue weighted by Gasteiger charge is 2.12. The molecular weight excluding hydrogens is 256 g/mol. The Kier molecular flexibility index (Phi) is 4.84. The SMILES string of the molecule is CCCC(O)CNC(=O)c1cnn(-c2ccccc2)n1. The van der Waals surface area contributed by atoms with Crippen molar-refractivity contribution in [1.29, 1.82) is 0 Å². The van der Waals surface area contributed by atoms with Crippen molar-refractivity contribution in [3.8, 4) is 5.69 Å². The van der Waals surface area contributed by atoms with Crippen molar-refractivity contribution < 1.29 is 9.90 Å². The second-order valence-electron chi connectivity index (χ2n) is 4.51. The molecule has 0 saturated carbocycles. The predicted molar refractivity (Wildman–Crippen MR) is 74.6 cm³/mol. The molecular formula is C14H18N4O2. The highest BCUT2D eigenvalue weighted by molar-refractivity contribution is 5.91. The zero-order valence-corrected chi connectivity index (χ0v) is 11.4. The first kappa shape index (κ1) is 14.2.